The Kier molecular flexibility index (Phi) is 13.4. The van der Waals surface area contributed by atoms with Gasteiger partial charge >= 0.3 is 0 Å². The summed E-state index contributed by atoms with van der Waals surface area (Å²) >= 11 is 1.33. The zero-order chi connectivity index (χ0) is 28.6. The normalized spacial score (nSPS) is 11.2. The molecule has 0 N–H and O–H groups in total. The van der Waals surface area contributed by atoms with E-state index in [-0.39, 0.29) is 17.3 Å². The van der Waals surface area contributed by atoms with Crippen LogP contribution in [0.4, 0.5) is 11.4 Å². The molecular formula is C25H38N10O4S. The number of hydrogen-bond donors (Lipinski definition) is 0. The molecule has 0 saturated heterocycles. The van der Waals surface area contributed by atoms with Gasteiger partial charge in [0.2, 0.25) is 11.0 Å². The number of unbranched alkanes of at least 4 members (excludes halogenated alkanes) is 13. The fraction of sp³-hybridized carbons (Fsp3) is 0.680. The number of benzene rings is 1. The lowest BCUT2D eigenvalue weighted by Gasteiger charge is -2.05. The molecule has 3 rings (SSSR count). The fourth-order valence-corrected chi connectivity index (χ4v) is 5.07. The van der Waals surface area contributed by atoms with Crippen LogP contribution in [0.25, 0.3) is 11.4 Å². The summed E-state index contributed by atoms with van der Waals surface area (Å²) in [7, 11) is 0. The number of non-ortho nitro benzene ring substituents is 2. The Bertz CT molecular complexity index is 1170. The summed E-state index contributed by atoms with van der Waals surface area (Å²) in [5.74, 6) is 0.303. The first kappa shape index (κ1) is 31.0. The van der Waals surface area contributed by atoms with Crippen LogP contribution in [0.5, 0.6) is 0 Å². The molecule has 14 nitrogen and oxygen atoms in total. The highest BCUT2D eigenvalue weighted by Crippen LogP contribution is 2.27. The van der Waals surface area contributed by atoms with Gasteiger partial charge in [-0.2, -0.15) is 4.80 Å². The van der Waals surface area contributed by atoms with E-state index in [0.29, 0.717) is 5.16 Å². The number of thioether (sulfide) groups is 1. The van der Waals surface area contributed by atoms with Crippen LogP contribution in [0.2, 0.25) is 0 Å². The van der Waals surface area contributed by atoms with Gasteiger partial charge < -0.3 is 0 Å². The molecule has 0 saturated carbocycles. The first-order valence-electron chi connectivity index (χ1n) is 14.1. The van der Waals surface area contributed by atoms with Crippen molar-refractivity contribution in [3.8, 4) is 11.4 Å². The third-order valence-corrected chi connectivity index (χ3v) is 7.48. The van der Waals surface area contributed by atoms with Gasteiger partial charge in [0.25, 0.3) is 11.4 Å². The van der Waals surface area contributed by atoms with Crippen LogP contribution in [0.15, 0.2) is 23.4 Å². The van der Waals surface area contributed by atoms with Crippen molar-refractivity contribution < 1.29 is 9.85 Å². The number of nitrogens with zero attached hydrogens (tertiary/aromatic N) is 10. The van der Waals surface area contributed by atoms with Gasteiger partial charge in [0, 0.05) is 24.2 Å². The monoisotopic (exact) mass is 574 g/mol. The second-order valence-corrected chi connectivity index (χ2v) is 10.7. The molecule has 0 aliphatic carbocycles. The summed E-state index contributed by atoms with van der Waals surface area (Å²) in [4.78, 5) is 22.2. The molecule has 2 aromatic heterocycles. The Labute approximate surface area is 237 Å². The predicted molar refractivity (Wildman–Crippen MR) is 151 cm³/mol. The van der Waals surface area contributed by atoms with Crippen LogP contribution >= 0.6 is 11.8 Å². The van der Waals surface area contributed by atoms with Crippen molar-refractivity contribution in [2.75, 3.05) is 0 Å². The first-order chi connectivity index (χ1) is 19.5. The summed E-state index contributed by atoms with van der Waals surface area (Å²) in [6, 6.07) is 3.25. The molecule has 3 aromatic rings. The lowest BCUT2D eigenvalue weighted by molar-refractivity contribution is -0.394. The number of aryl methyl sites for hydroxylation is 1. The molecule has 0 unspecified atom stereocenters. The van der Waals surface area contributed by atoms with Gasteiger partial charge in [0.1, 0.15) is 5.88 Å². The van der Waals surface area contributed by atoms with Crippen molar-refractivity contribution in [2.24, 2.45) is 0 Å². The maximum atomic E-state index is 11.1. The molecule has 40 heavy (non-hydrogen) atoms. The Morgan fingerprint density at radius 1 is 0.750 bits per heavy atom. The summed E-state index contributed by atoms with van der Waals surface area (Å²) < 4.78 is 1.76. The fourth-order valence-electron chi connectivity index (χ4n) is 4.36. The molecule has 0 bridgehead atoms. The topological polar surface area (TPSA) is 173 Å². The lowest BCUT2D eigenvalue weighted by atomic mass is 10.0. The van der Waals surface area contributed by atoms with Gasteiger partial charge in [-0.3, -0.25) is 20.2 Å². The molecule has 0 aliphatic rings. The average Bonchev–Trinajstić information content (AvgIpc) is 3.61. The van der Waals surface area contributed by atoms with Crippen LogP contribution in [0.3, 0.4) is 0 Å². The third kappa shape index (κ3) is 10.6. The molecule has 0 amide bonds. The van der Waals surface area contributed by atoms with Gasteiger partial charge in [0.15, 0.2) is 0 Å². The van der Waals surface area contributed by atoms with E-state index in [0.717, 1.165) is 25.5 Å². The lowest BCUT2D eigenvalue weighted by Crippen LogP contribution is -2.05. The Morgan fingerprint density at radius 2 is 1.30 bits per heavy atom. The van der Waals surface area contributed by atoms with Crippen molar-refractivity contribution in [1.29, 1.82) is 0 Å². The van der Waals surface area contributed by atoms with Crippen LogP contribution < -0.4 is 0 Å². The molecule has 1 aromatic carbocycles. The highest BCUT2D eigenvalue weighted by Gasteiger charge is 2.19. The highest BCUT2D eigenvalue weighted by atomic mass is 32.2. The number of nitro benzene ring substituents is 2. The van der Waals surface area contributed by atoms with Crippen molar-refractivity contribution in [2.45, 2.75) is 114 Å². The van der Waals surface area contributed by atoms with E-state index in [1.54, 1.807) is 4.68 Å². The van der Waals surface area contributed by atoms with E-state index < -0.39 is 21.2 Å². The quantitative estimate of drug-likeness (QED) is 0.0598. The van der Waals surface area contributed by atoms with E-state index >= 15 is 0 Å². The third-order valence-electron chi connectivity index (χ3n) is 6.57. The zero-order valence-corrected chi connectivity index (χ0v) is 23.9. The van der Waals surface area contributed by atoms with E-state index in [2.05, 4.69) is 37.9 Å². The molecule has 0 fully saturated rings. The van der Waals surface area contributed by atoms with Crippen LogP contribution in [0.1, 0.15) is 96.8 Å². The van der Waals surface area contributed by atoms with Gasteiger partial charge in [-0.05, 0) is 22.1 Å². The number of hydrogen-bond acceptors (Lipinski definition) is 11. The van der Waals surface area contributed by atoms with E-state index in [9.17, 15) is 20.2 Å². The van der Waals surface area contributed by atoms with Crippen molar-refractivity contribution >= 4 is 23.1 Å². The Balaban J connectivity index is 1.34. The summed E-state index contributed by atoms with van der Waals surface area (Å²) in [6.45, 7) is 2.98. The molecule has 0 radical (unpaired) electrons. The second kappa shape index (κ2) is 17.3. The molecule has 2 heterocycles. The minimum Gasteiger partial charge on any atom is -0.258 e. The SMILES string of the molecule is CCCCCCCCCCCCCCCCn1nnnc1SCn1nnc(-c2cc([N+](=O)[O-])cc([N+](=O)[O-])c2)n1. The summed E-state index contributed by atoms with van der Waals surface area (Å²) in [5.41, 5.74) is -0.699. The molecular weight excluding hydrogens is 536 g/mol. The smallest absolute Gasteiger partial charge is 0.258 e. The van der Waals surface area contributed by atoms with Gasteiger partial charge in [-0.1, -0.05) is 102 Å². The summed E-state index contributed by atoms with van der Waals surface area (Å²) in [6.07, 6.45) is 18.2. The van der Waals surface area contributed by atoms with Crippen LogP contribution in [-0.2, 0) is 12.4 Å². The van der Waals surface area contributed by atoms with E-state index in [1.165, 1.54) is 106 Å². The van der Waals surface area contributed by atoms with E-state index in [1.807, 2.05) is 0 Å². The second-order valence-electron chi connectivity index (χ2n) is 9.79. The molecule has 15 heteroatoms. The maximum Gasteiger partial charge on any atom is 0.277 e. The van der Waals surface area contributed by atoms with Gasteiger partial charge in [0.05, 0.1) is 15.9 Å². The molecule has 0 spiro atoms. The molecule has 0 atom stereocenters. The largest absolute Gasteiger partial charge is 0.277 e. The van der Waals surface area contributed by atoms with Crippen molar-refractivity contribution in [3.05, 3.63) is 38.4 Å². The standard InChI is InChI=1S/C25H38N10O4S/c1-2-3-4-5-6-7-8-9-10-11-12-13-14-15-16-32-25(27-29-31-32)40-20-33-28-24(26-30-33)21-17-22(34(36)37)19-23(18-21)35(38)39/h17-19H,2-16,20H2,1H3. The predicted octanol–water partition coefficient (Wildman–Crippen LogP) is 6.37. The minimum absolute atomic E-state index is 0.0504. The molecule has 218 valence electrons. The van der Waals surface area contributed by atoms with Gasteiger partial charge in [-0.15, -0.1) is 15.3 Å². The van der Waals surface area contributed by atoms with Crippen LogP contribution in [0, 0.1) is 20.2 Å². The zero-order valence-electron chi connectivity index (χ0n) is 23.1. The maximum absolute atomic E-state index is 11.1. The molecule has 0 aliphatic heterocycles. The number of tetrazole rings is 2. The number of nitro groups is 2. The Hall–Kier alpha value is -3.49. The van der Waals surface area contributed by atoms with Gasteiger partial charge in [-0.25, -0.2) is 4.68 Å². The van der Waals surface area contributed by atoms with Crippen LogP contribution in [-0.4, -0.2) is 50.3 Å². The Morgan fingerprint density at radius 3 is 1.85 bits per heavy atom. The minimum atomic E-state index is -0.700. The average molecular weight is 575 g/mol. The van der Waals surface area contributed by atoms with Crippen molar-refractivity contribution in [1.82, 2.24) is 40.4 Å². The first-order valence-corrected chi connectivity index (χ1v) is 15.1. The van der Waals surface area contributed by atoms with Crippen molar-refractivity contribution in [3.63, 3.8) is 0 Å². The number of aromatic nitrogens is 8. The number of rotatable bonds is 21. The highest BCUT2D eigenvalue weighted by molar-refractivity contribution is 7.98. The van der Waals surface area contributed by atoms with E-state index in [4.69, 9.17) is 0 Å². The summed E-state index contributed by atoms with van der Waals surface area (Å²) in [5, 5.41) is 46.9.